The molecule has 208 valence electrons. The van der Waals surface area contributed by atoms with Crippen LogP contribution in [0.5, 0.6) is 0 Å². The fourth-order valence-electron chi connectivity index (χ4n) is 3.19. The van der Waals surface area contributed by atoms with Crippen molar-refractivity contribution in [2.45, 2.75) is 103 Å². The van der Waals surface area contributed by atoms with Crippen LogP contribution in [0.4, 0.5) is 0 Å². The molecule has 0 saturated heterocycles. The first-order chi connectivity index (χ1) is 16.5. The van der Waals surface area contributed by atoms with Crippen molar-refractivity contribution in [3.8, 4) is 0 Å². The largest absolute Gasteiger partial charge is 0.472 e. The summed E-state index contributed by atoms with van der Waals surface area (Å²) >= 11 is 0. The Morgan fingerprint density at radius 1 is 0.771 bits per heavy atom. The summed E-state index contributed by atoms with van der Waals surface area (Å²) in [5, 5.41) is 0. The summed E-state index contributed by atoms with van der Waals surface area (Å²) in [7, 11) is 1.47. The minimum absolute atomic E-state index is 0.0343. The van der Waals surface area contributed by atoms with Crippen LogP contribution < -0.4 is 0 Å². The van der Waals surface area contributed by atoms with Crippen LogP contribution in [0.1, 0.15) is 97.3 Å². The summed E-state index contributed by atoms with van der Waals surface area (Å²) in [5.41, 5.74) is 0. The number of phosphoric acid groups is 1. The second kappa shape index (κ2) is 20.1. The van der Waals surface area contributed by atoms with Crippen LogP contribution in [0.3, 0.4) is 0 Å². The van der Waals surface area contributed by atoms with Crippen molar-refractivity contribution in [1.82, 2.24) is 0 Å². The number of hydrogen-bond acceptors (Lipinski definition) is 7. The molecular weight excluding hydrogens is 473 g/mol. The number of hydrogen-bond donors (Lipinski definition) is 1. The zero-order chi connectivity index (χ0) is 26.6. The molecule has 0 aromatic rings. The molecule has 1 N–H and O–H groups in total. The van der Waals surface area contributed by atoms with Crippen LogP contribution in [0.25, 0.3) is 0 Å². The van der Waals surface area contributed by atoms with Crippen molar-refractivity contribution in [3.63, 3.8) is 0 Å². The smallest absolute Gasteiger partial charge is 0.462 e. The number of quaternary nitrogens is 1. The average Bonchev–Trinajstić information content (AvgIpc) is 2.76. The minimum atomic E-state index is -4.33. The Labute approximate surface area is 213 Å². The van der Waals surface area contributed by atoms with E-state index < -0.39 is 32.5 Å². The Morgan fingerprint density at radius 2 is 1.29 bits per heavy atom. The lowest BCUT2D eigenvalue weighted by Crippen LogP contribution is -2.37. The quantitative estimate of drug-likeness (QED) is 0.0820. The second-order valence-corrected chi connectivity index (χ2v) is 11.5. The molecule has 0 radical (unpaired) electrons. The molecule has 0 aliphatic carbocycles. The normalized spacial score (nSPS) is 14.3. The maximum Gasteiger partial charge on any atom is 0.472 e. The van der Waals surface area contributed by atoms with Crippen LogP contribution in [0.2, 0.25) is 0 Å². The van der Waals surface area contributed by atoms with Gasteiger partial charge in [0.05, 0.1) is 27.7 Å². The fraction of sp³-hybridized carbons (Fsp3) is 0.920. The number of unbranched alkanes of at least 4 members (excludes halogenated alkanes) is 9. The van der Waals surface area contributed by atoms with Gasteiger partial charge in [0.25, 0.3) is 0 Å². The maximum atomic E-state index is 12.3. The zero-order valence-electron chi connectivity index (χ0n) is 22.8. The third-order valence-corrected chi connectivity index (χ3v) is 6.37. The number of nitrogens with zero attached hydrogens (tertiary/aromatic N) is 1. The Bertz CT molecular complexity index is 609. The first kappa shape index (κ1) is 34.0. The van der Waals surface area contributed by atoms with Crippen LogP contribution in [0.15, 0.2) is 0 Å². The van der Waals surface area contributed by atoms with Gasteiger partial charge in [0.1, 0.15) is 19.8 Å². The van der Waals surface area contributed by atoms with Crippen molar-refractivity contribution in [1.29, 1.82) is 0 Å². The van der Waals surface area contributed by atoms with E-state index in [2.05, 4.69) is 6.92 Å². The number of carbonyl (C=O) groups is 2. The van der Waals surface area contributed by atoms with Crippen LogP contribution in [-0.4, -0.2) is 74.9 Å². The highest BCUT2D eigenvalue weighted by Crippen LogP contribution is 2.43. The Morgan fingerprint density at radius 3 is 1.89 bits per heavy atom. The Balaban J connectivity index is 4.55. The molecule has 10 heteroatoms. The van der Waals surface area contributed by atoms with Crippen molar-refractivity contribution >= 4 is 19.8 Å². The predicted octanol–water partition coefficient (Wildman–Crippen LogP) is 5.39. The first-order valence-electron chi connectivity index (χ1n) is 13.3. The lowest BCUT2D eigenvalue weighted by atomic mass is 10.1. The molecule has 35 heavy (non-hydrogen) atoms. The number of rotatable bonds is 23. The van der Waals surface area contributed by atoms with E-state index in [0.29, 0.717) is 17.4 Å². The number of ether oxygens (including phenoxy) is 2. The number of carbonyl (C=O) groups excluding carboxylic acids is 2. The molecule has 0 rings (SSSR count). The van der Waals surface area contributed by atoms with Gasteiger partial charge in [-0.25, -0.2) is 4.57 Å². The molecule has 0 aromatic heterocycles. The lowest BCUT2D eigenvalue weighted by molar-refractivity contribution is -0.870. The van der Waals surface area contributed by atoms with E-state index in [9.17, 15) is 19.0 Å². The summed E-state index contributed by atoms with van der Waals surface area (Å²) < 4.78 is 33.4. The number of esters is 2. The fourth-order valence-corrected chi connectivity index (χ4v) is 3.93. The summed E-state index contributed by atoms with van der Waals surface area (Å²) in [6, 6.07) is 0. The molecule has 9 nitrogen and oxygen atoms in total. The molecule has 0 heterocycles. The maximum absolute atomic E-state index is 12.3. The van der Waals surface area contributed by atoms with Gasteiger partial charge in [-0.2, -0.15) is 0 Å². The first-order valence-corrected chi connectivity index (χ1v) is 14.8. The summed E-state index contributed by atoms with van der Waals surface area (Å²) in [4.78, 5) is 34.2. The second-order valence-electron chi connectivity index (χ2n) is 10.1. The third-order valence-electron chi connectivity index (χ3n) is 5.39. The van der Waals surface area contributed by atoms with Gasteiger partial charge >= 0.3 is 19.8 Å². The van der Waals surface area contributed by atoms with E-state index >= 15 is 0 Å². The predicted molar refractivity (Wildman–Crippen MR) is 137 cm³/mol. The van der Waals surface area contributed by atoms with Gasteiger partial charge in [-0.15, -0.1) is 0 Å². The zero-order valence-corrected chi connectivity index (χ0v) is 23.7. The summed E-state index contributed by atoms with van der Waals surface area (Å²) in [6.07, 6.45) is 11.0. The van der Waals surface area contributed by atoms with Crippen LogP contribution >= 0.6 is 7.82 Å². The van der Waals surface area contributed by atoms with E-state index in [1.165, 1.54) is 32.1 Å². The highest BCUT2D eigenvalue weighted by atomic mass is 31.2. The molecule has 0 aliphatic heterocycles. The summed E-state index contributed by atoms with van der Waals surface area (Å²) in [5.74, 6) is -0.834. The SMILES string of the molecule is CCCCCCCCCCC(=O)OC(COC(=O)CCCCC)COP(=O)(O)OCC[N+](C)(C)C. The molecule has 0 spiro atoms. The molecule has 2 atom stereocenters. The molecular formula is C25H51NO8P+. The van der Waals surface area contributed by atoms with Gasteiger partial charge in [0, 0.05) is 12.8 Å². The molecule has 2 unspecified atom stereocenters. The molecule has 0 aliphatic rings. The van der Waals surface area contributed by atoms with Crippen molar-refractivity contribution in [2.24, 2.45) is 0 Å². The summed E-state index contributed by atoms with van der Waals surface area (Å²) in [6.45, 7) is 4.15. The molecule has 0 saturated carbocycles. The molecule has 0 fully saturated rings. The van der Waals surface area contributed by atoms with Gasteiger partial charge in [-0.05, 0) is 12.8 Å². The average molecular weight is 525 g/mol. The number of phosphoric ester groups is 1. The van der Waals surface area contributed by atoms with E-state index in [1.807, 2.05) is 28.1 Å². The van der Waals surface area contributed by atoms with Gasteiger partial charge < -0.3 is 18.9 Å². The van der Waals surface area contributed by atoms with E-state index in [4.69, 9.17) is 18.5 Å². The van der Waals surface area contributed by atoms with Gasteiger partial charge in [0.15, 0.2) is 6.10 Å². The van der Waals surface area contributed by atoms with Crippen molar-refractivity contribution in [2.75, 3.05) is 47.5 Å². The molecule has 0 amide bonds. The molecule has 0 aromatic carbocycles. The van der Waals surface area contributed by atoms with Gasteiger partial charge in [-0.3, -0.25) is 18.6 Å². The monoisotopic (exact) mass is 524 g/mol. The van der Waals surface area contributed by atoms with Crippen molar-refractivity contribution in [3.05, 3.63) is 0 Å². The highest BCUT2D eigenvalue weighted by molar-refractivity contribution is 7.47. The van der Waals surface area contributed by atoms with Gasteiger partial charge in [0.2, 0.25) is 0 Å². The Hall–Kier alpha value is -0.990. The van der Waals surface area contributed by atoms with Gasteiger partial charge in [-0.1, -0.05) is 71.6 Å². The molecule has 0 bridgehead atoms. The standard InChI is InChI=1S/C25H50NO8P/c1-6-8-10-11-12-13-14-16-18-25(28)34-23(21-31-24(27)17-15-9-7-2)22-33-35(29,30)32-20-19-26(3,4)5/h23H,6-22H2,1-5H3/p+1. The van der Waals surface area contributed by atoms with E-state index in [0.717, 1.165) is 32.1 Å². The minimum Gasteiger partial charge on any atom is -0.462 e. The van der Waals surface area contributed by atoms with Crippen LogP contribution in [-0.2, 0) is 32.7 Å². The third kappa shape index (κ3) is 23.2. The highest BCUT2D eigenvalue weighted by Gasteiger charge is 2.27. The number of likely N-dealkylation sites (N-methyl/N-ethyl adjacent to an activating group) is 1. The van der Waals surface area contributed by atoms with Crippen molar-refractivity contribution < 1.29 is 42.1 Å². The van der Waals surface area contributed by atoms with E-state index in [1.54, 1.807) is 0 Å². The topological polar surface area (TPSA) is 108 Å². The van der Waals surface area contributed by atoms with E-state index in [-0.39, 0.29) is 26.1 Å². The van der Waals surface area contributed by atoms with Crippen LogP contribution in [0, 0.1) is 0 Å². The lowest BCUT2D eigenvalue weighted by Gasteiger charge is -2.24. The Kier molecular flexibility index (Phi) is 19.5.